The molecule has 2 rings (SSSR count). The number of carbonyl (C=O) groups excluding carboxylic acids is 1. The van der Waals surface area contributed by atoms with Crippen molar-refractivity contribution in [1.82, 2.24) is 4.90 Å². The van der Waals surface area contributed by atoms with Gasteiger partial charge >= 0.3 is 0 Å². The molecule has 4 nitrogen and oxygen atoms in total. The summed E-state index contributed by atoms with van der Waals surface area (Å²) in [6, 6.07) is 5.08. The monoisotopic (exact) mass is 337 g/mol. The Kier molecular flexibility index (Phi) is 6.60. The maximum absolute atomic E-state index is 14.0. The molecule has 0 atom stereocenters. The van der Waals surface area contributed by atoms with Gasteiger partial charge in [0, 0.05) is 32.0 Å². The highest BCUT2D eigenvalue weighted by molar-refractivity contribution is 5.77. The summed E-state index contributed by atoms with van der Waals surface area (Å²) < 4.78 is 25.3. The SMILES string of the molecule is CC(C)OCC(=O)N1CCC(Oc2ccc(C(C)C)c(F)c2)CC1. The molecule has 1 heterocycles. The molecule has 1 aliphatic rings. The summed E-state index contributed by atoms with van der Waals surface area (Å²) >= 11 is 0. The third kappa shape index (κ3) is 5.20. The van der Waals surface area contributed by atoms with Gasteiger partial charge < -0.3 is 14.4 Å². The Morgan fingerprint density at radius 1 is 1.25 bits per heavy atom. The zero-order valence-electron chi connectivity index (χ0n) is 15.0. The fraction of sp³-hybridized carbons (Fsp3) is 0.632. The van der Waals surface area contributed by atoms with Crippen LogP contribution in [0.15, 0.2) is 18.2 Å². The summed E-state index contributed by atoms with van der Waals surface area (Å²) in [7, 11) is 0. The number of rotatable bonds is 6. The number of amides is 1. The van der Waals surface area contributed by atoms with Crippen LogP contribution in [0.3, 0.4) is 0 Å². The van der Waals surface area contributed by atoms with E-state index in [0.717, 1.165) is 12.8 Å². The van der Waals surface area contributed by atoms with E-state index in [1.165, 1.54) is 6.07 Å². The molecular formula is C19H28FNO3. The predicted octanol–water partition coefficient (Wildman–Crippen LogP) is 3.74. The van der Waals surface area contributed by atoms with Gasteiger partial charge in [0.05, 0.1) is 6.10 Å². The van der Waals surface area contributed by atoms with Gasteiger partial charge in [0.25, 0.3) is 0 Å². The van der Waals surface area contributed by atoms with Crippen molar-refractivity contribution in [1.29, 1.82) is 0 Å². The van der Waals surface area contributed by atoms with Crippen LogP contribution in [0.5, 0.6) is 5.75 Å². The van der Waals surface area contributed by atoms with E-state index in [4.69, 9.17) is 9.47 Å². The Labute approximate surface area is 143 Å². The molecule has 0 N–H and O–H groups in total. The van der Waals surface area contributed by atoms with Crippen molar-refractivity contribution < 1.29 is 18.7 Å². The molecule has 0 spiro atoms. The van der Waals surface area contributed by atoms with Crippen molar-refractivity contribution in [2.75, 3.05) is 19.7 Å². The summed E-state index contributed by atoms with van der Waals surface area (Å²) in [5, 5.41) is 0. The van der Waals surface area contributed by atoms with E-state index < -0.39 is 0 Å². The van der Waals surface area contributed by atoms with Crippen molar-refractivity contribution in [3.05, 3.63) is 29.6 Å². The lowest BCUT2D eigenvalue weighted by molar-refractivity contribution is -0.139. The lowest BCUT2D eigenvalue weighted by Crippen LogP contribution is -2.43. The van der Waals surface area contributed by atoms with Crippen LogP contribution in [0.25, 0.3) is 0 Å². The molecule has 1 fully saturated rings. The van der Waals surface area contributed by atoms with Crippen LogP contribution >= 0.6 is 0 Å². The highest BCUT2D eigenvalue weighted by atomic mass is 19.1. The first-order chi connectivity index (χ1) is 11.4. The molecule has 1 aliphatic heterocycles. The molecular weight excluding hydrogens is 309 g/mol. The standard InChI is InChI=1S/C19H28FNO3/c1-13(2)17-6-5-16(11-18(17)20)24-15-7-9-21(10-8-15)19(22)12-23-14(3)4/h5-6,11,13-15H,7-10,12H2,1-4H3. The first-order valence-electron chi connectivity index (χ1n) is 8.72. The number of nitrogens with zero attached hydrogens (tertiary/aromatic N) is 1. The van der Waals surface area contributed by atoms with Crippen molar-refractivity contribution >= 4 is 5.91 Å². The van der Waals surface area contributed by atoms with E-state index in [2.05, 4.69) is 0 Å². The van der Waals surface area contributed by atoms with Gasteiger partial charge in [0.15, 0.2) is 0 Å². The topological polar surface area (TPSA) is 38.8 Å². The minimum absolute atomic E-state index is 0.0179. The van der Waals surface area contributed by atoms with E-state index in [9.17, 15) is 9.18 Å². The van der Waals surface area contributed by atoms with Gasteiger partial charge in [0.2, 0.25) is 5.91 Å². The number of carbonyl (C=O) groups is 1. The Balaban J connectivity index is 1.83. The van der Waals surface area contributed by atoms with Crippen LogP contribution in [0, 0.1) is 5.82 Å². The van der Waals surface area contributed by atoms with Crippen LogP contribution < -0.4 is 4.74 Å². The average molecular weight is 337 g/mol. The smallest absolute Gasteiger partial charge is 0.248 e. The van der Waals surface area contributed by atoms with Crippen LogP contribution in [-0.2, 0) is 9.53 Å². The van der Waals surface area contributed by atoms with Gasteiger partial charge in [-0.05, 0) is 31.4 Å². The molecule has 134 valence electrons. The van der Waals surface area contributed by atoms with Gasteiger partial charge in [-0.3, -0.25) is 4.79 Å². The second kappa shape index (κ2) is 8.47. The third-order valence-corrected chi connectivity index (χ3v) is 4.23. The molecule has 0 radical (unpaired) electrons. The van der Waals surface area contributed by atoms with Crippen LogP contribution in [0.1, 0.15) is 52.0 Å². The van der Waals surface area contributed by atoms with Gasteiger partial charge in [-0.25, -0.2) is 4.39 Å². The minimum Gasteiger partial charge on any atom is -0.490 e. The summed E-state index contributed by atoms with van der Waals surface area (Å²) in [5.41, 5.74) is 0.702. The quantitative estimate of drug-likeness (QED) is 0.794. The van der Waals surface area contributed by atoms with E-state index in [1.54, 1.807) is 6.07 Å². The Morgan fingerprint density at radius 2 is 1.92 bits per heavy atom. The first kappa shape index (κ1) is 18.7. The number of halogens is 1. The first-order valence-corrected chi connectivity index (χ1v) is 8.72. The molecule has 0 bridgehead atoms. The van der Waals surface area contributed by atoms with Crippen molar-refractivity contribution in [3.8, 4) is 5.75 Å². The van der Waals surface area contributed by atoms with E-state index in [0.29, 0.717) is 24.4 Å². The van der Waals surface area contributed by atoms with E-state index >= 15 is 0 Å². The summed E-state index contributed by atoms with van der Waals surface area (Å²) in [6.07, 6.45) is 1.57. The van der Waals surface area contributed by atoms with Gasteiger partial charge in [-0.2, -0.15) is 0 Å². The van der Waals surface area contributed by atoms with Crippen molar-refractivity contribution in [3.63, 3.8) is 0 Å². The number of piperidine rings is 1. The summed E-state index contributed by atoms with van der Waals surface area (Å²) in [4.78, 5) is 13.8. The molecule has 1 saturated heterocycles. The molecule has 24 heavy (non-hydrogen) atoms. The normalized spacial score (nSPS) is 16.0. The Morgan fingerprint density at radius 3 is 2.46 bits per heavy atom. The zero-order valence-corrected chi connectivity index (χ0v) is 15.0. The molecule has 1 amide bonds. The third-order valence-electron chi connectivity index (χ3n) is 4.23. The lowest BCUT2D eigenvalue weighted by Gasteiger charge is -2.32. The van der Waals surface area contributed by atoms with Crippen LogP contribution in [0.4, 0.5) is 4.39 Å². The molecule has 1 aromatic rings. The van der Waals surface area contributed by atoms with Gasteiger partial charge in [0.1, 0.15) is 24.3 Å². The maximum atomic E-state index is 14.0. The van der Waals surface area contributed by atoms with Crippen LogP contribution in [-0.4, -0.2) is 42.7 Å². The maximum Gasteiger partial charge on any atom is 0.248 e. The molecule has 0 aromatic heterocycles. The average Bonchev–Trinajstić information content (AvgIpc) is 2.53. The minimum atomic E-state index is -0.221. The summed E-state index contributed by atoms with van der Waals surface area (Å²) in [5.74, 6) is 0.515. The number of hydrogen-bond donors (Lipinski definition) is 0. The molecule has 0 unspecified atom stereocenters. The zero-order chi connectivity index (χ0) is 17.7. The molecule has 0 saturated carbocycles. The molecule has 5 heteroatoms. The fourth-order valence-corrected chi connectivity index (χ4v) is 2.79. The van der Waals surface area contributed by atoms with Gasteiger partial charge in [-0.15, -0.1) is 0 Å². The number of benzene rings is 1. The highest BCUT2D eigenvalue weighted by Gasteiger charge is 2.24. The predicted molar refractivity (Wildman–Crippen MR) is 91.8 cm³/mol. The summed E-state index contributed by atoms with van der Waals surface area (Å²) in [6.45, 7) is 9.19. The fourth-order valence-electron chi connectivity index (χ4n) is 2.79. The van der Waals surface area contributed by atoms with Gasteiger partial charge in [-0.1, -0.05) is 19.9 Å². The highest BCUT2D eigenvalue weighted by Crippen LogP contribution is 2.25. The van der Waals surface area contributed by atoms with E-state index in [1.807, 2.05) is 38.7 Å². The Bertz CT molecular complexity index is 552. The van der Waals surface area contributed by atoms with Crippen molar-refractivity contribution in [2.45, 2.75) is 58.7 Å². The van der Waals surface area contributed by atoms with Crippen molar-refractivity contribution in [2.24, 2.45) is 0 Å². The number of hydrogen-bond acceptors (Lipinski definition) is 3. The Hall–Kier alpha value is -1.62. The molecule has 0 aliphatic carbocycles. The van der Waals surface area contributed by atoms with Crippen LogP contribution in [0.2, 0.25) is 0 Å². The lowest BCUT2D eigenvalue weighted by atomic mass is 10.0. The second-order valence-electron chi connectivity index (χ2n) is 6.90. The number of ether oxygens (including phenoxy) is 2. The number of likely N-dealkylation sites (tertiary alicyclic amines) is 1. The van der Waals surface area contributed by atoms with E-state index in [-0.39, 0.29) is 36.5 Å². The largest absolute Gasteiger partial charge is 0.490 e. The molecule has 1 aromatic carbocycles. The second-order valence-corrected chi connectivity index (χ2v) is 6.90.